The van der Waals surface area contributed by atoms with E-state index in [2.05, 4.69) is 10.3 Å². The Morgan fingerprint density at radius 1 is 1.16 bits per heavy atom. The third-order valence-corrected chi connectivity index (χ3v) is 3.21. The standard InChI is InChI=1S/C16H14N2O7/c19-11-5-10(7-17-15(11)16(22)18-8-14(20)21)25-9-1-2-12-13(6-9)24-4-3-23-12/h1-2,5-7,19H,3-4,8H2,(H,18,22)(H,20,21). The Hall–Kier alpha value is -3.49. The van der Waals surface area contributed by atoms with Gasteiger partial charge >= 0.3 is 5.97 Å². The van der Waals surface area contributed by atoms with Crippen LogP contribution in [0.3, 0.4) is 0 Å². The first-order valence-corrected chi connectivity index (χ1v) is 7.29. The number of carboxylic acid groups (broad SMARTS) is 1. The highest BCUT2D eigenvalue weighted by atomic mass is 16.6. The summed E-state index contributed by atoms with van der Waals surface area (Å²) in [5.74, 6) is -0.636. The second kappa shape index (κ2) is 6.95. The van der Waals surface area contributed by atoms with Crippen LogP contribution < -0.4 is 19.5 Å². The van der Waals surface area contributed by atoms with Crippen LogP contribution in [-0.4, -0.2) is 46.8 Å². The first kappa shape index (κ1) is 16.4. The van der Waals surface area contributed by atoms with Gasteiger partial charge in [-0.3, -0.25) is 9.59 Å². The van der Waals surface area contributed by atoms with E-state index >= 15 is 0 Å². The number of hydrogen-bond acceptors (Lipinski definition) is 7. The number of carbonyl (C=O) groups is 2. The van der Waals surface area contributed by atoms with Crippen LogP contribution in [0, 0.1) is 0 Å². The Labute approximate surface area is 141 Å². The van der Waals surface area contributed by atoms with Crippen molar-refractivity contribution in [2.24, 2.45) is 0 Å². The van der Waals surface area contributed by atoms with Crippen molar-refractivity contribution in [3.8, 4) is 28.7 Å². The third kappa shape index (κ3) is 3.89. The van der Waals surface area contributed by atoms with E-state index in [1.807, 2.05) is 0 Å². The molecule has 1 aliphatic heterocycles. The molecule has 1 aromatic carbocycles. The molecular formula is C16H14N2O7. The lowest BCUT2D eigenvalue weighted by Gasteiger charge is -2.18. The van der Waals surface area contributed by atoms with Gasteiger partial charge in [0.1, 0.15) is 31.3 Å². The zero-order chi connectivity index (χ0) is 17.8. The predicted octanol–water partition coefficient (Wildman–Crippen LogP) is 1.17. The van der Waals surface area contributed by atoms with Gasteiger partial charge in [0.25, 0.3) is 5.91 Å². The van der Waals surface area contributed by atoms with Crippen LogP contribution in [0.1, 0.15) is 10.5 Å². The zero-order valence-corrected chi connectivity index (χ0v) is 12.9. The summed E-state index contributed by atoms with van der Waals surface area (Å²) in [4.78, 5) is 26.0. The van der Waals surface area contributed by atoms with Crippen molar-refractivity contribution in [3.63, 3.8) is 0 Å². The first-order chi connectivity index (χ1) is 12.0. The van der Waals surface area contributed by atoms with Crippen molar-refractivity contribution < 1.29 is 34.0 Å². The summed E-state index contributed by atoms with van der Waals surface area (Å²) in [5.41, 5.74) is -0.296. The Morgan fingerprint density at radius 2 is 1.92 bits per heavy atom. The minimum atomic E-state index is -1.20. The summed E-state index contributed by atoms with van der Waals surface area (Å²) in [7, 11) is 0. The maximum Gasteiger partial charge on any atom is 0.322 e. The number of fused-ring (bicyclic) bond motifs is 1. The van der Waals surface area contributed by atoms with Crippen LogP contribution in [0.5, 0.6) is 28.7 Å². The Kier molecular flexibility index (Phi) is 4.55. The normalized spacial score (nSPS) is 12.3. The van der Waals surface area contributed by atoms with Crippen LogP contribution in [0.2, 0.25) is 0 Å². The van der Waals surface area contributed by atoms with Gasteiger partial charge in [0.2, 0.25) is 0 Å². The number of carbonyl (C=O) groups excluding carboxylic acids is 1. The molecular weight excluding hydrogens is 332 g/mol. The number of ether oxygens (including phenoxy) is 3. The smallest absolute Gasteiger partial charge is 0.322 e. The number of aromatic nitrogens is 1. The summed E-state index contributed by atoms with van der Waals surface area (Å²) in [6, 6.07) is 6.21. The predicted molar refractivity (Wildman–Crippen MR) is 83.4 cm³/mol. The highest BCUT2D eigenvalue weighted by molar-refractivity contribution is 5.96. The highest BCUT2D eigenvalue weighted by Crippen LogP contribution is 2.35. The molecule has 0 radical (unpaired) electrons. The number of amides is 1. The molecule has 0 saturated carbocycles. The molecule has 0 saturated heterocycles. The molecule has 3 N–H and O–H groups in total. The minimum Gasteiger partial charge on any atom is -0.505 e. The summed E-state index contributed by atoms with van der Waals surface area (Å²) in [6.07, 6.45) is 1.24. The maximum atomic E-state index is 11.7. The number of pyridine rings is 1. The van der Waals surface area contributed by atoms with Crippen LogP contribution in [-0.2, 0) is 4.79 Å². The lowest BCUT2D eigenvalue weighted by atomic mass is 10.2. The molecule has 130 valence electrons. The fourth-order valence-corrected chi connectivity index (χ4v) is 2.13. The number of nitrogens with one attached hydrogen (secondary N) is 1. The van der Waals surface area contributed by atoms with Gasteiger partial charge in [-0.1, -0.05) is 0 Å². The molecule has 1 amide bonds. The van der Waals surface area contributed by atoms with Crippen LogP contribution in [0.25, 0.3) is 0 Å². The molecule has 9 heteroatoms. The van der Waals surface area contributed by atoms with E-state index in [0.717, 1.165) is 0 Å². The molecule has 2 aromatic rings. The van der Waals surface area contributed by atoms with Crippen molar-refractivity contribution in [1.82, 2.24) is 10.3 Å². The van der Waals surface area contributed by atoms with Crippen LogP contribution >= 0.6 is 0 Å². The molecule has 0 bridgehead atoms. The molecule has 1 aromatic heterocycles. The Morgan fingerprint density at radius 3 is 2.64 bits per heavy atom. The Balaban J connectivity index is 1.72. The van der Waals surface area contributed by atoms with E-state index in [0.29, 0.717) is 30.5 Å². The summed E-state index contributed by atoms with van der Waals surface area (Å²) >= 11 is 0. The van der Waals surface area contributed by atoms with Gasteiger partial charge in [-0.05, 0) is 12.1 Å². The average Bonchev–Trinajstić information content (AvgIpc) is 2.59. The van der Waals surface area contributed by atoms with Crippen molar-refractivity contribution in [2.45, 2.75) is 0 Å². The SMILES string of the molecule is O=C(O)CNC(=O)c1ncc(Oc2ccc3c(c2)OCCO3)cc1O. The average molecular weight is 346 g/mol. The highest BCUT2D eigenvalue weighted by Gasteiger charge is 2.16. The van der Waals surface area contributed by atoms with Gasteiger partial charge < -0.3 is 29.7 Å². The second-order valence-electron chi connectivity index (χ2n) is 5.02. The van der Waals surface area contributed by atoms with Crippen LogP contribution in [0.15, 0.2) is 30.5 Å². The molecule has 1 aliphatic rings. The summed E-state index contributed by atoms with van der Waals surface area (Å²) in [6.45, 7) is 0.352. The first-order valence-electron chi connectivity index (χ1n) is 7.29. The largest absolute Gasteiger partial charge is 0.505 e. The van der Waals surface area contributed by atoms with Crippen molar-refractivity contribution >= 4 is 11.9 Å². The Bertz CT molecular complexity index is 822. The quantitative estimate of drug-likeness (QED) is 0.736. The topological polar surface area (TPSA) is 127 Å². The fraction of sp³-hybridized carbons (Fsp3) is 0.188. The molecule has 0 spiro atoms. The molecule has 0 unspecified atom stereocenters. The van der Waals surface area contributed by atoms with Gasteiger partial charge in [0.05, 0.1) is 6.20 Å². The minimum absolute atomic E-state index is 0.198. The van der Waals surface area contributed by atoms with Gasteiger partial charge in [0.15, 0.2) is 22.9 Å². The molecule has 0 atom stereocenters. The number of aromatic hydroxyl groups is 1. The molecule has 2 heterocycles. The van der Waals surface area contributed by atoms with E-state index in [-0.39, 0.29) is 11.4 Å². The summed E-state index contributed by atoms with van der Waals surface area (Å²) in [5, 5.41) is 20.5. The number of nitrogens with zero attached hydrogens (tertiary/aromatic N) is 1. The van der Waals surface area contributed by atoms with Gasteiger partial charge in [-0.15, -0.1) is 0 Å². The van der Waals surface area contributed by atoms with Crippen LogP contribution in [0.4, 0.5) is 0 Å². The van der Waals surface area contributed by atoms with E-state index in [4.69, 9.17) is 19.3 Å². The van der Waals surface area contributed by atoms with Gasteiger partial charge in [-0.2, -0.15) is 0 Å². The third-order valence-electron chi connectivity index (χ3n) is 3.21. The molecule has 9 nitrogen and oxygen atoms in total. The number of rotatable bonds is 5. The van der Waals surface area contributed by atoms with Gasteiger partial charge in [0, 0.05) is 12.1 Å². The molecule has 0 aliphatic carbocycles. The lowest BCUT2D eigenvalue weighted by molar-refractivity contribution is -0.135. The monoisotopic (exact) mass is 346 g/mol. The molecule has 25 heavy (non-hydrogen) atoms. The van der Waals surface area contributed by atoms with Crippen molar-refractivity contribution in [1.29, 1.82) is 0 Å². The number of carboxylic acids is 1. The van der Waals surface area contributed by atoms with E-state index in [1.54, 1.807) is 18.2 Å². The summed E-state index contributed by atoms with van der Waals surface area (Å²) < 4.78 is 16.4. The second-order valence-corrected chi connectivity index (χ2v) is 5.02. The van der Waals surface area contributed by atoms with E-state index in [1.165, 1.54) is 12.3 Å². The zero-order valence-electron chi connectivity index (χ0n) is 12.9. The van der Waals surface area contributed by atoms with Gasteiger partial charge in [-0.25, -0.2) is 4.98 Å². The van der Waals surface area contributed by atoms with E-state index < -0.39 is 24.2 Å². The molecule has 3 rings (SSSR count). The van der Waals surface area contributed by atoms with Crippen molar-refractivity contribution in [3.05, 3.63) is 36.2 Å². The number of hydrogen-bond donors (Lipinski definition) is 3. The maximum absolute atomic E-state index is 11.7. The molecule has 0 fully saturated rings. The fourth-order valence-electron chi connectivity index (χ4n) is 2.13. The number of aliphatic carboxylic acids is 1. The lowest BCUT2D eigenvalue weighted by Crippen LogP contribution is -2.29. The number of benzene rings is 1. The van der Waals surface area contributed by atoms with E-state index in [9.17, 15) is 14.7 Å². The van der Waals surface area contributed by atoms with Crippen molar-refractivity contribution in [2.75, 3.05) is 19.8 Å².